The first kappa shape index (κ1) is 19.9. The fraction of sp³-hybridized carbons (Fsp3) is 0.444. The number of benzene rings is 1. The minimum Gasteiger partial charge on any atom is -0.497 e. The molecule has 0 fully saturated rings. The van der Waals surface area contributed by atoms with E-state index >= 15 is 0 Å². The maximum absolute atomic E-state index is 14.5. The number of hydrogen-bond donors (Lipinski definition) is 1. The molecule has 0 spiro atoms. The van der Waals surface area contributed by atoms with Crippen LogP contribution in [-0.4, -0.2) is 43.2 Å². The molecule has 1 aromatic heterocycles. The molecule has 2 aromatic rings. The van der Waals surface area contributed by atoms with Gasteiger partial charge in [-0.1, -0.05) is 6.92 Å². The molecular weight excluding hydrogens is 341 g/mol. The van der Waals surface area contributed by atoms with Crippen molar-refractivity contribution in [2.24, 2.45) is 5.92 Å². The predicted molar refractivity (Wildman–Crippen MR) is 95.1 cm³/mol. The number of nitrogen functional groups attached to an aromatic ring is 1. The van der Waals surface area contributed by atoms with Crippen molar-refractivity contribution in [3.05, 3.63) is 35.4 Å². The molecular formula is C18H24FN3O4. The SMILES string of the molecule is COc1ccc(-n2nc(C)c(N)c2C(=O)C(C)CC(OC)OC)c(F)c1. The number of hydrogen-bond acceptors (Lipinski definition) is 6. The van der Waals surface area contributed by atoms with E-state index in [0.717, 1.165) is 0 Å². The summed E-state index contributed by atoms with van der Waals surface area (Å²) in [6, 6.07) is 4.32. The number of ketones is 1. The quantitative estimate of drug-likeness (QED) is 0.572. The van der Waals surface area contributed by atoms with Gasteiger partial charge in [-0.15, -0.1) is 0 Å². The first-order chi connectivity index (χ1) is 12.3. The first-order valence-corrected chi connectivity index (χ1v) is 8.12. The summed E-state index contributed by atoms with van der Waals surface area (Å²) in [5, 5.41) is 4.25. The van der Waals surface area contributed by atoms with Gasteiger partial charge in [0.25, 0.3) is 0 Å². The summed E-state index contributed by atoms with van der Waals surface area (Å²) in [6.07, 6.45) is -0.189. The third-order valence-corrected chi connectivity index (χ3v) is 4.24. The Morgan fingerprint density at radius 2 is 1.96 bits per heavy atom. The van der Waals surface area contributed by atoms with Crippen molar-refractivity contribution in [1.82, 2.24) is 9.78 Å². The number of nitrogens with zero attached hydrogens (tertiary/aromatic N) is 2. The van der Waals surface area contributed by atoms with Crippen LogP contribution in [-0.2, 0) is 9.47 Å². The molecule has 0 radical (unpaired) electrons. The molecule has 0 saturated carbocycles. The van der Waals surface area contributed by atoms with E-state index in [1.165, 1.54) is 38.1 Å². The van der Waals surface area contributed by atoms with E-state index in [-0.39, 0.29) is 22.9 Å². The van der Waals surface area contributed by atoms with Gasteiger partial charge in [-0.25, -0.2) is 9.07 Å². The van der Waals surface area contributed by atoms with Crippen molar-refractivity contribution in [3.63, 3.8) is 0 Å². The molecule has 0 amide bonds. The Balaban J connectivity index is 2.45. The number of aryl methyl sites for hydroxylation is 1. The number of ether oxygens (including phenoxy) is 3. The molecule has 0 aliphatic rings. The molecule has 2 rings (SSSR count). The number of carbonyl (C=O) groups excluding carboxylic acids is 1. The van der Waals surface area contributed by atoms with Crippen LogP contribution in [0.2, 0.25) is 0 Å². The van der Waals surface area contributed by atoms with E-state index in [1.807, 2.05) is 0 Å². The minimum atomic E-state index is -0.569. The van der Waals surface area contributed by atoms with Crippen LogP contribution < -0.4 is 10.5 Å². The summed E-state index contributed by atoms with van der Waals surface area (Å²) in [6.45, 7) is 3.41. The van der Waals surface area contributed by atoms with Gasteiger partial charge in [0.05, 0.1) is 18.5 Å². The van der Waals surface area contributed by atoms with Gasteiger partial charge in [0.2, 0.25) is 0 Å². The number of anilines is 1. The van der Waals surface area contributed by atoms with Gasteiger partial charge >= 0.3 is 0 Å². The zero-order chi connectivity index (χ0) is 19.4. The molecule has 1 aromatic carbocycles. The monoisotopic (exact) mass is 365 g/mol. The summed E-state index contributed by atoms with van der Waals surface area (Å²) in [7, 11) is 4.45. The molecule has 8 heteroatoms. The molecule has 142 valence electrons. The fourth-order valence-corrected chi connectivity index (χ4v) is 2.65. The highest BCUT2D eigenvalue weighted by Crippen LogP contribution is 2.28. The van der Waals surface area contributed by atoms with Gasteiger partial charge in [0, 0.05) is 32.6 Å². The number of Topliss-reactive ketones (excluding diaryl/α,β-unsaturated/α-hetero) is 1. The van der Waals surface area contributed by atoms with E-state index in [4.69, 9.17) is 19.9 Å². The number of halogens is 1. The van der Waals surface area contributed by atoms with Crippen LogP contribution in [0.25, 0.3) is 5.69 Å². The lowest BCUT2D eigenvalue weighted by atomic mass is 9.98. The van der Waals surface area contributed by atoms with E-state index in [2.05, 4.69) is 5.10 Å². The van der Waals surface area contributed by atoms with Crippen LogP contribution in [0.4, 0.5) is 10.1 Å². The van der Waals surface area contributed by atoms with Crippen molar-refractivity contribution in [2.75, 3.05) is 27.1 Å². The number of aromatic nitrogens is 2. The van der Waals surface area contributed by atoms with Crippen molar-refractivity contribution in [1.29, 1.82) is 0 Å². The first-order valence-electron chi connectivity index (χ1n) is 8.12. The lowest BCUT2D eigenvalue weighted by Crippen LogP contribution is -2.24. The smallest absolute Gasteiger partial charge is 0.186 e. The molecule has 7 nitrogen and oxygen atoms in total. The van der Waals surface area contributed by atoms with Gasteiger partial charge < -0.3 is 19.9 Å². The lowest BCUT2D eigenvalue weighted by molar-refractivity contribution is -0.110. The van der Waals surface area contributed by atoms with Gasteiger partial charge in [-0.05, 0) is 19.1 Å². The van der Waals surface area contributed by atoms with Crippen LogP contribution >= 0.6 is 0 Å². The Morgan fingerprint density at radius 3 is 2.50 bits per heavy atom. The van der Waals surface area contributed by atoms with Gasteiger partial charge in [-0.2, -0.15) is 5.10 Å². The zero-order valence-corrected chi connectivity index (χ0v) is 15.6. The number of carbonyl (C=O) groups is 1. The van der Waals surface area contributed by atoms with Crippen molar-refractivity contribution in [2.45, 2.75) is 26.6 Å². The van der Waals surface area contributed by atoms with Crippen LogP contribution in [0.1, 0.15) is 29.5 Å². The standard InChI is InChI=1S/C18H24FN3O4/c1-10(8-15(25-4)26-5)18(23)17-16(20)11(2)21-22(17)14-7-6-12(24-3)9-13(14)19/h6-7,9-10,15H,8,20H2,1-5H3. The summed E-state index contributed by atoms with van der Waals surface area (Å²) in [5.74, 6) is -0.927. The number of rotatable bonds is 8. The summed E-state index contributed by atoms with van der Waals surface area (Å²) < 4.78 is 31.0. The Morgan fingerprint density at radius 1 is 1.31 bits per heavy atom. The van der Waals surface area contributed by atoms with E-state index < -0.39 is 18.0 Å². The Kier molecular flexibility index (Phi) is 6.33. The second-order valence-corrected chi connectivity index (χ2v) is 5.98. The third-order valence-electron chi connectivity index (χ3n) is 4.24. The molecule has 0 aliphatic heterocycles. The second kappa shape index (κ2) is 8.29. The Bertz CT molecular complexity index is 787. The van der Waals surface area contributed by atoms with Gasteiger partial charge in [0.15, 0.2) is 17.9 Å². The minimum absolute atomic E-state index is 0.121. The Hall–Kier alpha value is -2.45. The van der Waals surface area contributed by atoms with E-state index in [9.17, 15) is 9.18 Å². The van der Waals surface area contributed by atoms with Gasteiger partial charge in [0.1, 0.15) is 17.1 Å². The fourth-order valence-electron chi connectivity index (χ4n) is 2.65. The van der Waals surface area contributed by atoms with Crippen LogP contribution in [0, 0.1) is 18.7 Å². The average Bonchev–Trinajstić information content (AvgIpc) is 2.93. The summed E-state index contributed by atoms with van der Waals surface area (Å²) in [5.41, 5.74) is 7.01. The Labute approximate surface area is 151 Å². The number of nitrogens with two attached hydrogens (primary N) is 1. The van der Waals surface area contributed by atoms with Crippen molar-refractivity contribution >= 4 is 11.5 Å². The molecule has 26 heavy (non-hydrogen) atoms. The normalized spacial score (nSPS) is 12.4. The molecule has 0 bridgehead atoms. The van der Waals surface area contributed by atoms with Crippen molar-refractivity contribution < 1.29 is 23.4 Å². The lowest BCUT2D eigenvalue weighted by Gasteiger charge is -2.18. The number of methoxy groups -OCH3 is 3. The molecule has 0 aliphatic carbocycles. The molecule has 0 saturated heterocycles. The van der Waals surface area contributed by atoms with Crippen LogP contribution in [0.3, 0.4) is 0 Å². The summed E-state index contributed by atoms with van der Waals surface area (Å²) in [4.78, 5) is 13.0. The van der Waals surface area contributed by atoms with Crippen molar-refractivity contribution in [3.8, 4) is 11.4 Å². The summed E-state index contributed by atoms with van der Waals surface area (Å²) >= 11 is 0. The maximum atomic E-state index is 14.5. The van der Waals surface area contributed by atoms with Crippen LogP contribution in [0.15, 0.2) is 18.2 Å². The molecule has 1 unspecified atom stereocenters. The molecule has 1 atom stereocenters. The van der Waals surface area contributed by atoms with E-state index in [0.29, 0.717) is 17.9 Å². The molecule has 1 heterocycles. The third kappa shape index (κ3) is 3.86. The second-order valence-electron chi connectivity index (χ2n) is 5.98. The zero-order valence-electron chi connectivity index (χ0n) is 15.6. The highest BCUT2D eigenvalue weighted by molar-refractivity contribution is 6.01. The predicted octanol–water partition coefficient (Wildman–Crippen LogP) is 2.74. The van der Waals surface area contributed by atoms with Crippen LogP contribution in [0.5, 0.6) is 5.75 Å². The average molecular weight is 365 g/mol. The highest BCUT2D eigenvalue weighted by atomic mass is 19.1. The van der Waals surface area contributed by atoms with Gasteiger partial charge in [-0.3, -0.25) is 4.79 Å². The largest absolute Gasteiger partial charge is 0.497 e. The topological polar surface area (TPSA) is 88.6 Å². The molecule has 2 N–H and O–H groups in total. The maximum Gasteiger partial charge on any atom is 0.186 e. The highest BCUT2D eigenvalue weighted by Gasteiger charge is 2.28. The van der Waals surface area contributed by atoms with E-state index in [1.54, 1.807) is 19.9 Å².